The Morgan fingerprint density at radius 1 is 0.966 bits per heavy atom. The van der Waals surface area contributed by atoms with E-state index < -0.39 is 5.41 Å². The summed E-state index contributed by atoms with van der Waals surface area (Å²) in [6.45, 7) is 1.11. The van der Waals surface area contributed by atoms with Crippen LogP contribution in [-0.4, -0.2) is 36.4 Å². The van der Waals surface area contributed by atoms with Crippen molar-refractivity contribution in [1.82, 2.24) is 4.90 Å². The summed E-state index contributed by atoms with van der Waals surface area (Å²) < 4.78 is 5.86. The molecule has 2 amide bonds. The van der Waals surface area contributed by atoms with Crippen LogP contribution in [0.15, 0.2) is 66.7 Å². The third kappa shape index (κ3) is 2.94. The highest BCUT2D eigenvalue weighted by Gasteiger charge is 2.48. The average molecular weight is 386 g/mol. The first kappa shape index (κ1) is 17.7. The molecule has 5 heteroatoms. The number of hydrogen-bond acceptors (Lipinski definition) is 3. The van der Waals surface area contributed by atoms with Gasteiger partial charge < -0.3 is 15.0 Å². The molecule has 5 rings (SSSR count). The number of amides is 2. The van der Waals surface area contributed by atoms with Crippen molar-refractivity contribution in [2.45, 2.75) is 18.3 Å². The van der Waals surface area contributed by atoms with Gasteiger partial charge in [-0.05, 0) is 35.9 Å². The van der Waals surface area contributed by atoms with Crippen molar-refractivity contribution in [3.05, 3.63) is 72.3 Å². The van der Waals surface area contributed by atoms with E-state index in [2.05, 4.69) is 5.32 Å². The zero-order chi connectivity index (χ0) is 19.8. The molecule has 146 valence electrons. The summed E-state index contributed by atoms with van der Waals surface area (Å²) in [6, 6.07) is 21.7. The Bertz CT molecular complexity index is 1090. The molecule has 0 atom stereocenters. The molecule has 29 heavy (non-hydrogen) atoms. The summed E-state index contributed by atoms with van der Waals surface area (Å²) in [5.41, 5.74) is 1.45. The number of fused-ring (bicyclic) bond motifs is 3. The topological polar surface area (TPSA) is 58.6 Å². The summed E-state index contributed by atoms with van der Waals surface area (Å²) >= 11 is 0. The zero-order valence-electron chi connectivity index (χ0n) is 16.1. The number of nitrogens with one attached hydrogen (secondary N) is 1. The standard InChI is InChI=1S/C24H22N2O3/c27-22(16-29-21-11-5-7-17-6-1-2-8-18(17)21)26-14-12-24(13-15-26)19-9-3-4-10-20(19)25-23(24)28/h1-11H,12-16H2,(H,25,28). The van der Waals surface area contributed by atoms with Crippen LogP contribution in [0.25, 0.3) is 10.8 Å². The van der Waals surface area contributed by atoms with Gasteiger partial charge in [0.25, 0.3) is 5.91 Å². The lowest BCUT2D eigenvalue weighted by Gasteiger charge is -2.38. The van der Waals surface area contributed by atoms with E-state index in [9.17, 15) is 9.59 Å². The van der Waals surface area contributed by atoms with Crippen LogP contribution in [0.5, 0.6) is 5.75 Å². The molecule has 1 N–H and O–H groups in total. The lowest BCUT2D eigenvalue weighted by atomic mass is 9.73. The molecule has 1 fully saturated rings. The number of carbonyl (C=O) groups excluding carboxylic acids is 2. The second-order valence-electron chi connectivity index (χ2n) is 7.73. The Hall–Kier alpha value is -3.34. The molecule has 1 spiro atoms. The number of hydrogen-bond donors (Lipinski definition) is 1. The van der Waals surface area contributed by atoms with E-state index in [4.69, 9.17) is 4.74 Å². The molecular formula is C24H22N2O3. The molecule has 0 unspecified atom stereocenters. The van der Waals surface area contributed by atoms with Gasteiger partial charge in [-0.25, -0.2) is 0 Å². The number of para-hydroxylation sites is 1. The molecular weight excluding hydrogens is 364 g/mol. The lowest BCUT2D eigenvalue weighted by Crippen LogP contribution is -2.49. The number of piperidine rings is 1. The van der Waals surface area contributed by atoms with Crippen LogP contribution >= 0.6 is 0 Å². The molecule has 2 heterocycles. The summed E-state index contributed by atoms with van der Waals surface area (Å²) in [5.74, 6) is 0.728. The first-order valence-corrected chi connectivity index (χ1v) is 9.97. The van der Waals surface area contributed by atoms with Gasteiger partial charge >= 0.3 is 0 Å². The minimum Gasteiger partial charge on any atom is -0.483 e. The normalized spacial score (nSPS) is 17.2. The Morgan fingerprint density at radius 3 is 2.55 bits per heavy atom. The van der Waals surface area contributed by atoms with Crippen molar-refractivity contribution >= 4 is 28.3 Å². The van der Waals surface area contributed by atoms with Crippen LogP contribution in [0.2, 0.25) is 0 Å². The van der Waals surface area contributed by atoms with E-state index in [1.165, 1.54) is 0 Å². The van der Waals surface area contributed by atoms with E-state index in [1.807, 2.05) is 71.6 Å². The predicted octanol–water partition coefficient (Wildman–Crippen LogP) is 3.73. The van der Waals surface area contributed by atoms with Crippen LogP contribution in [0, 0.1) is 0 Å². The zero-order valence-corrected chi connectivity index (χ0v) is 16.1. The first-order chi connectivity index (χ1) is 14.2. The van der Waals surface area contributed by atoms with E-state index in [-0.39, 0.29) is 18.4 Å². The number of benzene rings is 3. The van der Waals surface area contributed by atoms with Crippen molar-refractivity contribution in [2.75, 3.05) is 25.0 Å². The van der Waals surface area contributed by atoms with Gasteiger partial charge in [0.1, 0.15) is 5.75 Å². The number of nitrogens with zero attached hydrogens (tertiary/aromatic N) is 1. The fourth-order valence-corrected chi connectivity index (χ4v) is 4.56. The first-order valence-electron chi connectivity index (χ1n) is 9.97. The van der Waals surface area contributed by atoms with Crippen LogP contribution in [0.4, 0.5) is 5.69 Å². The van der Waals surface area contributed by atoms with Gasteiger partial charge in [-0.15, -0.1) is 0 Å². The molecule has 0 bridgehead atoms. The second kappa shape index (κ2) is 6.92. The van der Waals surface area contributed by atoms with Crippen LogP contribution in [0.1, 0.15) is 18.4 Å². The SMILES string of the molecule is O=C(COc1cccc2ccccc12)N1CCC2(CC1)C(=O)Nc1ccccc12. The number of ether oxygens (including phenoxy) is 1. The molecule has 2 aliphatic heterocycles. The average Bonchev–Trinajstić information content (AvgIpc) is 3.04. The molecule has 0 aromatic heterocycles. The molecule has 2 aliphatic rings. The highest BCUT2D eigenvalue weighted by molar-refractivity contribution is 6.06. The molecule has 1 saturated heterocycles. The largest absolute Gasteiger partial charge is 0.483 e. The van der Waals surface area contributed by atoms with Gasteiger partial charge in [-0.1, -0.05) is 54.6 Å². The third-order valence-corrected chi connectivity index (χ3v) is 6.20. The summed E-state index contributed by atoms with van der Waals surface area (Å²) in [4.78, 5) is 27.2. The number of anilines is 1. The summed E-state index contributed by atoms with van der Waals surface area (Å²) in [6.07, 6.45) is 1.27. The van der Waals surface area contributed by atoms with Gasteiger partial charge in [0.2, 0.25) is 5.91 Å². The van der Waals surface area contributed by atoms with Crippen LogP contribution in [0.3, 0.4) is 0 Å². The van der Waals surface area contributed by atoms with Crippen LogP contribution < -0.4 is 10.1 Å². The maximum absolute atomic E-state index is 12.7. The fourth-order valence-electron chi connectivity index (χ4n) is 4.56. The fraction of sp³-hybridized carbons (Fsp3) is 0.250. The van der Waals surface area contributed by atoms with E-state index in [1.54, 1.807) is 0 Å². The van der Waals surface area contributed by atoms with Gasteiger partial charge in [0, 0.05) is 24.2 Å². The van der Waals surface area contributed by atoms with Crippen molar-refractivity contribution in [1.29, 1.82) is 0 Å². The maximum atomic E-state index is 12.7. The third-order valence-electron chi connectivity index (χ3n) is 6.20. The van der Waals surface area contributed by atoms with Crippen molar-refractivity contribution in [2.24, 2.45) is 0 Å². The quantitative estimate of drug-likeness (QED) is 0.746. The van der Waals surface area contributed by atoms with Gasteiger partial charge in [-0.2, -0.15) is 0 Å². The lowest BCUT2D eigenvalue weighted by molar-refractivity contribution is -0.136. The van der Waals surface area contributed by atoms with Crippen molar-refractivity contribution < 1.29 is 14.3 Å². The Balaban J connectivity index is 1.26. The second-order valence-corrected chi connectivity index (χ2v) is 7.73. The molecule has 0 saturated carbocycles. The summed E-state index contributed by atoms with van der Waals surface area (Å²) in [7, 11) is 0. The molecule has 0 radical (unpaired) electrons. The van der Waals surface area contributed by atoms with E-state index in [0.717, 1.165) is 22.0 Å². The Morgan fingerprint density at radius 2 is 1.69 bits per heavy atom. The predicted molar refractivity (Wildman–Crippen MR) is 112 cm³/mol. The number of rotatable bonds is 3. The molecule has 3 aromatic carbocycles. The van der Waals surface area contributed by atoms with E-state index >= 15 is 0 Å². The summed E-state index contributed by atoms with van der Waals surface area (Å²) in [5, 5.41) is 5.08. The van der Waals surface area contributed by atoms with Crippen LogP contribution in [-0.2, 0) is 15.0 Å². The minimum atomic E-state index is -0.510. The minimum absolute atomic E-state index is 0.00376. The van der Waals surface area contributed by atoms with Gasteiger partial charge in [0.05, 0.1) is 5.41 Å². The van der Waals surface area contributed by atoms with Gasteiger partial charge in [0.15, 0.2) is 6.61 Å². The Kier molecular flexibility index (Phi) is 4.23. The smallest absolute Gasteiger partial charge is 0.260 e. The van der Waals surface area contributed by atoms with Crippen molar-refractivity contribution in [3.8, 4) is 5.75 Å². The Labute approximate surface area is 169 Å². The molecule has 3 aromatic rings. The van der Waals surface area contributed by atoms with Gasteiger partial charge in [-0.3, -0.25) is 9.59 Å². The highest BCUT2D eigenvalue weighted by Crippen LogP contribution is 2.44. The monoisotopic (exact) mass is 386 g/mol. The molecule has 0 aliphatic carbocycles. The number of carbonyl (C=O) groups is 2. The number of likely N-dealkylation sites (tertiary alicyclic amines) is 1. The molecule has 5 nitrogen and oxygen atoms in total. The van der Waals surface area contributed by atoms with Crippen molar-refractivity contribution in [3.63, 3.8) is 0 Å². The highest BCUT2D eigenvalue weighted by atomic mass is 16.5. The van der Waals surface area contributed by atoms with E-state index in [0.29, 0.717) is 31.7 Å². The maximum Gasteiger partial charge on any atom is 0.260 e.